The van der Waals surface area contributed by atoms with E-state index in [0.29, 0.717) is 28.2 Å². The van der Waals surface area contributed by atoms with E-state index in [2.05, 4.69) is 43.5 Å². The number of aromatic amines is 2. The second-order valence-electron chi connectivity index (χ2n) is 10.1. The molecule has 0 radical (unpaired) electrons. The maximum atomic E-state index is 14.6. The number of fused-ring (bicyclic) bond motifs is 2. The molecule has 208 valence electrons. The van der Waals surface area contributed by atoms with Crippen molar-refractivity contribution in [3.8, 4) is 33.9 Å². The van der Waals surface area contributed by atoms with Crippen LogP contribution in [-0.4, -0.2) is 57.1 Å². The van der Waals surface area contributed by atoms with Gasteiger partial charge in [-0.2, -0.15) is 5.10 Å². The summed E-state index contributed by atoms with van der Waals surface area (Å²) in [6, 6.07) is 14.3. The topological polar surface area (TPSA) is 129 Å². The van der Waals surface area contributed by atoms with Crippen molar-refractivity contribution in [2.75, 3.05) is 18.6 Å². The summed E-state index contributed by atoms with van der Waals surface area (Å²) in [7, 11) is -3.17. The van der Waals surface area contributed by atoms with Crippen LogP contribution < -0.4 is 5.32 Å². The Morgan fingerprint density at radius 2 is 1.83 bits per heavy atom. The Balaban J connectivity index is 1.39. The van der Waals surface area contributed by atoms with Gasteiger partial charge in [-0.15, -0.1) is 0 Å². The van der Waals surface area contributed by atoms with Gasteiger partial charge in [0, 0.05) is 41.7 Å². The molecule has 3 N–H and O–H groups in total. The number of rotatable bonds is 9. The van der Waals surface area contributed by atoms with E-state index in [1.165, 1.54) is 18.4 Å². The first-order valence-electron chi connectivity index (χ1n) is 13.2. The van der Waals surface area contributed by atoms with Crippen LogP contribution in [0.4, 0.5) is 4.39 Å². The van der Waals surface area contributed by atoms with Crippen LogP contribution in [0.5, 0.6) is 0 Å². The highest BCUT2D eigenvalue weighted by Gasteiger charge is 2.17. The second-order valence-corrected chi connectivity index (χ2v) is 12.3. The predicted octanol–water partition coefficient (Wildman–Crippen LogP) is 5.07. The van der Waals surface area contributed by atoms with Gasteiger partial charge in [0.1, 0.15) is 21.3 Å². The lowest BCUT2D eigenvalue weighted by Crippen LogP contribution is -2.11. The number of hydrogen-bond acceptors (Lipinski definition) is 7. The molecule has 0 saturated carbocycles. The Labute approximate surface area is 236 Å². The van der Waals surface area contributed by atoms with Gasteiger partial charge in [-0.05, 0) is 60.0 Å². The van der Waals surface area contributed by atoms with Crippen LogP contribution in [0.3, 0.4) is 0 Å². The number of hydrogen-bond donors (Lipinski definition) is 3. The van der Waals surface area contributed by atoms with Gasteiger partial charge >= 0.3 is 0 Å². The molecule has 6 rings (SSSR count). The van der Waals surface area contributed by atoms with E-state index < -0.39 is 15.7 Å². The maximum absolute atomic E-state index is 14.6. The molecule has 0 fully saturated rings. The smallest absolute Gasteiger partial charge is 0.159 e. The van der Waals surface area contributed by atoms with Crippen molar-refractivity contribution in [2.24, 2.45) is 0 Å². The highest BCUT2D eigenvalue weighted by Crippen LogP contribution is 2.33. The van der Waals surface area contributed by atoms with Crippen LogP contribution in [0, 0.1) is 5.82 Å². The third-order valence-corrected chi connectivity index (χ3v) is 7.83. The minimum Gasteiger partial charge on any atom is -0.337 e. The molecule has 0 unspecified atom stereocenters. The van der Waals surface area contributed by atoms with E-state index >= 15 is 0 Å². The number of H-pyrrole nitrogens is 2. The van der Waals surface area contributed by atoms with Crippen LogP contribution in [0.15, 0.2) is 67.1 Å². The zero-order valence-corrected chi connectivity index (χ0v) is 23.4. The molecule has 6 aromatic rings. The van der Waals surface area contributed by atoms with Gasteiger partial charge in [-0.3, -0.25) is 15.1 Å². The monoisotopic (exact) mass is 569 g/mol. The number of aryl methyl sites for hydroxylation is 1. The summed E-state index contributed by atoms with van der Waals surface area (Å²) in [6.45, 7) is 3.66. The van der Waals surface area contributed by atoms with Gasteiger partial charge in [0.15, 0.2) is 5.82 Å². The summed E-state index contributed by atoms with van der Waals surface area (Å²) >= 11 is 0. The van der Waals surface area contributed by atoms with E-state index in [1.807, 2.05) is 36.5 Å². The fourth-order valence-corrected chi connectivity index (χ4v) is 5.49. The van der Waals surface area contributed by atoms with Crippen LogP contribution in [0.1, 0.15) is 18.1 Å². The summed E-state index contributed by atoms with van der Waals surface area (Å²) in [5.41, 5.74) is 7.54. The second kappa shape index (κ2) is 10.8. The molecule has 0 saturated heterocycles. The van der Waals surface area contributed by atoms with Crippen molar-refractivity contribution in [3.63, 3.8) is 0 Å². The molecule has 11 heteroatoms. The average Bonchev–Trinajstić information content (AvgIpc) is 3.58. The number of para-hydroxylation sites is 1. The quantitative estimate of drug-likeness (QED) is 0.222. The molecule has 4 aromatic heterocycles. The van der Waals surface area contributed by atoms with Crippen LogP contribution in [0.25, 0.3) is 55.8 Å². The van der Waals surface area contributed by atoms with Gasteiger partial charge in [0.25, 0.3) is 0 Å². The minimum absolute atomic E-state index is 0.0499. The third-order valence-electron chi connectivity index (χ3n) is 6.88. The molecule has 0 amide bonds. The molecule has 41 heavy (non-hydrogen) atoms. The van der Waals surface area contributed by atoms with E-state index in [1.54, 1.807) is 12.4 Å². The molecule has 0 bridgehead atoms. The minimum atomic E-state index is -3.17. The summed E-state index contributed by atoms with van der Waals surface area (Å²) in [6.07, 6.45) is 6.79. The molecule has 0 aliphatic rings. The molecule has 2 aromatic carbocycles. The number of imidazole rings is 1. The van der Waals surface area contributed by atoms with E-state index in [-0.39, 0.29) is 12.2 Å². The number of pyridine rings is 2. The Hall–Kier alpha value is -4.48. The fourth-order valence-electron chi connectivity index (χ4n) is 4.88. The zero-order valence-electron chi connectivity index (χ0n) is 22.6. The SMILES string of the molecule is CCNCc1cncc(-c2cc3c(-c4nc5c(-c6cc(F)cc(CCS(C)(=O)=O)c6)cccc5[nH]4)n[nH]c3cn2)c1. The fraction of sp³-hybridized carbons (Fsp3) is 0.200. The highest BCUT2D eigenvalue weighted by molar-refractivity contribution is 7.90. The molecule has 0 aliphatic carbocycles. The molecule has 9 nitrogen and oxygen atoms in total. The lowest BCUT2D eigenvalue weighted by atomic mass is 10.0. The number of halogens is 1. The lowest BCUT2D eigenvalue weighted by molar-refractivity contribution is 0.600. The first kappa shape index (κ1) is 26.7. The van der Waals surface area contributed by atoms with Gasteiger partial charge in [0.2, 0.25) is 0 Å². The third kappa shape index (κ3) is 5.72. The van der Waals surface area contributed by atoms with Crippen LogP contribution in [0.2, 0.25) is 0 Å². The molecular weight excluding hydrogens is 541 g/mol. The molecule has 0 atom stereocenters. The van der Waals surface area contributed by atoms with Crippen LogP contribution in [-0.2, 0) is 22.8 Å². The number of nitrogens with zero attached hydrogens (tertiary/aromatic N) is 4. The predicted molar refractivity (Wildman–Crippen MR) is 158 cm³/mol. The molecule has 4 heterocycles. The zero-order chi connectivity index (χ0) is 28.6. The largest absolute Gasteiger partial charge is 0.337 e. The number of benzene rings is 2. The summed E-state index contributed by atoms with van der Waals surface area (Å²) in [5.74, 6) is 0.0795. The van der Waals surface area contributed by atoms with Crippen molar-refractivity contribution in [1.29, 1.82) is 0 Å². The van der Waals surface area contributed by atoms with E-state index in [9.17, 15) is 12.8 Å². The first-order chi connectivity index (χ1) is 19.8. The van der Waals surface area contributed by atoms with E-state index in [4.69, 9.17) is 4.98 Å². The van der Waals surface area contributed by atoms with E-state index in [0.717, 1.165) is 51.9 Å². The normalized spacial score (nSPS) is 12.0. The maximum Gasteiger partial charge on any atom is 0.159 e. The van der Waals surface area contributed by atoms with Crippen molar-refractivity contribution in [2.45, 2.75) is 19.9 Å². The summed E-state index contributed by atoms with van der Waals surface area (Å²) in [5, 5.41) is 11.7. The van der Waals surface area contributed by atoms with Crippen LogP contribution >= 0.6 is 0 Å². The van der Waals surface area contributed by atoms with Gasteiger partial charge < -0.3 is 10.3 Å². The number of nitrogens with one attached hydrogen (secondary N) is 3. The molecule has 0 aliphatic heterocycles. The number of aromatic nitrogens is 6. The van der Waals surface area contributed by atoms with Crippen molar-refractivity contribution in [3.05, 3.63) is 84.1 Å². The Morgan fingerprint density at radius 1 is 0.976 bits per heavy atom. The molecule has 0 spiro atoms. The van der Waals surface area contributed by atoms with Gasteiger partial charge in [0.05, 0.1) is 34.2 Å². The Bertz CT molecular complexity index is 2000. The Morgan fingerprint density at radius 3 is 2.66 bits per heavy atom. The van der Waals surface area contributed by atoms with Crippen molar-refractivity contribution >= 4 is 31.8 Å². The summed E-state index contributed by atoms with van der Waals surface area (Å²) < 4.78 is 37.9. The van der Waals surface area contributed by atoms with Crippen molar-refractivity contribution < 1.29 is 12.8 Å². The van der Waals surface area contributed by atoms with Gasteiger partial charge in [-0.25, -0.2) is 17.8 Å². The van der Waals surface area contributed by atoms with Gasteiger partial charge in [-0.1, -0.05) is 25.1 Å². The Kier molecular flexibility index (Phi) is 7.06. The van der Waals surface area contributed by atoms with Crippen molar-refractivity contribution in [1.82, 2.24) is 35.5 Å². The lowest BCUT2D eigenvalue weighted by Gasteiger charge is -2.07. The molecular formula is C30H28FN7O2S. The summed E-state index contributed by atoms with van der Waals surface area (Å²) in [4.78, 5) is 17.2. The number of sulfone groups is 1. The highest BCUT2D eigenvalue weighted by atomic mass is 32.2. The standard InChI is InChI=1S/C30H28FN7O2S/c1-3-32-14-19-10-21(16-33-15-19)26-13-24-27(17-34-26)37-38-29(24)30-35-25-6-4-5-23(28(25)36-30)20-9-18(11-22(31)12-20)7-8-41(2,39)40/h4-6,9-13,15-17,32H,3,7-8,14H2,1-2H3,(H,35,36)(H,37,38). The first-order valence-corrected chi connectivity index (χ1v) is 15.3. The average molecular weight is 570 g/mol.